The summed E-state index contributed by atoms with van der Waals surface area (Å²) in [5.41, 5.74) is 0.892. The van der Waals surface area contributed by atoms with E-state index in [-0.39, 0.29) is 12.3 Å². The number of hydrogen-bond acceptors (Lipinski definition) is 1. The van der Waals surface area contributed by atoms with E-state index in [1.165, 1.54) is 11.0 Å². The van der Waals surface area contributed by atoms with Gasteiger partial charge in [0.25, 0.3) is 0 Å². The van der Waals surface area contributed by atoms with Crippen molar-refractivity contribution in [2.75, 3.05) is 11.4 Å². The van der Waals surface area contributed by atoms with Gasteiger partial charge in [0.15, 0.2) is 5.92 Å². The van der Waals surface area contributed by atoms with Crippen molar-refractivity contribution in [1.29, 1.82) is 0 Å². The number of fused-ring (bicyclic) bond motifs is 1. The molecular weight excluding hydrogens is 396 g/mol. The Bertz CT molecular complexity index is 807. The molecule has 0 saturated carbocycles. The van der Waals surface area contributed by atoms with Crippen LogP contribution < -0.4 is 4.90 Å². The van der Waals surface area contributed by atoms with Gasteiger partial charge < -0.3 is 4.90 Å². The summed E-state index contributed by atoms with van der Waals surface area (Å²) in [6.45, 7) is 0.399. The smallest absolute Gasteiger partial charge is 0.312 e. The van der Waals surface area contributed by atoms with Crippen molar-refractivity contribution in [2.24, 2.45) is 0 Å². The molecule has 2 aliphatic rings. The van der Waals surface area contributed by atoms with E-state index in [0.717, 1.165) is 30.5 Å². The first kappa shape index (κ1) is 21.5. The van der Waals surface area contributed by atoms with Crippen LogP contribution in [0, 0.1) is 0 Å². The number of hydrogen-bond donors (Lipinski definition) is 0. The molecule has 1 aliphatic carbocycles. The average molecular weight is 417 g/mol. The minimum absolute atomic E-state index is 0.189. The number of carbonyl (C=O) groups is 1. The molecule has 1 aliphatic heterocycles. The number of anilines is 1. The Balaban J connectivity index is 1.92. The molecule has 29 heavy (non-hydrogen) atoms. The first-order valence-electron chi connectivity index (χ1n) is 9.48. The molecule has 0 bridgehead atoms. The van der Waals surface area contributed by atoms with E-state index in [1.54, 1.807) is 0 Å². The maximum Gasteiger partial charge on any atom is 0.404 e. The van der Waals surface area contributed by atoms with Gasteiger partial charge in [-0.2, -0.15) is 26.3 Å². The molecular formula is C21H21F6NO. The van der Waals surface area contributed by atoms with Crippen molar-refractivity contribution in [3.63, 3.8) is 0 Å². The molecule has 2 nitrogen and oxygen atoms in total. The number of alkyl halides is 6. The van der Waals surface area contributed by atoms with Crippen LogP contribution in [0.15, 0.2) is 42.0 Å². The molecule has 0 radical (unpaired) electrons. The van der Waals surface area contributed by atoms with Crippen molar-refractivity contribution in [3.8, 4) is 0 Å². The summed E-state index contributed by atoms with van der Waals surface area (Å²) in [5.74, 6) is -3.72. The highest BCUT2D eigenvalue weighted by Gasteiger charge is 2.57. The average Bonchev–Trinajstić information content (AvgIpc) is 2.82. The number of halogens is 6. The molecule has 0 atom stereocenters. The van der Waals surface area contributed by atoms with Gasteiger partial charge in [0.1, 0.15) is 0 Å². The fourth-order valence-electron chi connectivity index (χ4n) is 3.87. The van der Waals surface area contributed by atoms with Crippen molar-refractivity contribution in [1.82, 2.24) is 0 Å². The number of nitrogens with zero attached hydrogens (tertiary/aromatic N) is 1. The predicted octanol–water partition coefficient (Wildman–Crippen LogP) is 6.23. The van der Waals surface area contributed by atoms with Crippen LogP contribution in [-0.4, -0.2) is 24.8 Å². The summed E-state index contributed by atoms with van der Waals surface area (Å²) in [6.07, 6.45) is -1.76. The van der Waals surface area contributed by atoms with E-state index in [4.69, 9.17) is 0 Å². The molecule has 0 aromatic heterocycles. The van der Waals surface area contributed by atoms with Gasteiger partial charge in [-0.1, -0.05) is 35.9 Å². The highest BCUT2D eigenvalue weighted by atomic mass is 19.4. The van der Waals surface area contributed by atoms with Crippen LogP contribution >= 0.6 is 0 Å². The van der Waals surface area contributed by atoms with Gasteiger partial charge in [0.2, 0.25) is 5.91 Å². The van der Waals surface area contributed by atoms with Crippen LogP contribution in [-0.2, 0) is 11.2 Å². The van der Waals surface area contributed by atoms with Crippen LogP contribution in [0.25, 0.3) is 0 Å². The Hall–Kier alpha value is -2.25. The second-order valence-electron chi connectivity index (χ2n) is 7.38. The van der Waals surface area contributed by atoms with E-state index in [2.05, 4.69) is 0 Å². The van der Waals surface area contributed by atoms with Gasteiger partial charge in [-0.15, -0.1) is 0 Å². The van der Waals surface area contributed by atoms with E-state index in [0.29, 0.717) is 37.1 Å². The minimum Gasteiger partial charge on any atom is -0.312 e. The third-order valence-electron chi connectivity index (χ3n) is 5.24. The summed E-state index contributed by atoms with van der Waals surface area (Å²) >= 11 is 0. The van der Waals surface area contributed by atoms with Gasteiger partial charge in [0, 0.05) is 18.7 Å². The SMILES string of the molecule is O=C(CC1=CC=CCC1)N1CCCCc2cc(C(C(F)(F)F)C(F)(F)F)ccc21. The normalized spacial score (nSPS) is 17.8. The highest BCUT2D eigenvalue weighted by molar-refractivity contribution is 5.95. The maximum absolute atomic E-state index is 13.1. The summed E-state index contributed by atoms with van der Waals surface area (Å²) in [5, 5.41) is 0. The lowest BCUT2D eigenvalue weighted by molar-refractivity contribution is -0.253. The Labute approximate surface area is 164 Å². The summed E-state index contributed by atoms with van der Waals surface area (Å²) in [6, 6.07) is 3.04. The Morgan fingerprint density at radius 1 is 1.03 bits per heavy atom. The minimum atomic E-state index is -5.44. The van der Waals surface area contributed by atoms with E-state index in [1.807, 2.05) is 18.2 Å². The summed E-state index contributed by atoms with van der Waals surface area (Å²) < 4.78 is 78.5. The molecule has 0 saturated heterocycles. The molecule has 3 rings (SSSR count). The number of amides is 1. The first-order chi connectivity index (χ1) is 13.6. The van der Waals surface area contributed by atoms with Crippen LogP contribution in [0.1, 0.15) is 49.1 Å². The molecule has 1 aromatic carbocycles. The van der Waals surface area contributed by atoms with Crippen molar-refractivity contribution in [3.05, 3.63) is 53.1 Å². The van der Waals surface area contributed by atoms with Crippen LogP contribution in [0.4, 0.5) is 32.0 Å². The molecule has 0 fully saturated rings. The van der Waals surface area contributed by atoms with Gasteiger partial charge in [-0.05, 0) is 49.3 Å². The zero-order valence-corrected chi connectivity index (χ0v) is 15.6. The monoisotopic (exact) mass is 417 g/mol. The van der Waals surface area contributed by atoms with E-state index in [9.17, 15) is 31.1 Å². The highest BCUT2D eigenvalue weighted by Crippen LogP contribution is 2.47. The van der Waals surface area contributed by atoms with Crippen LogP contribution in [0.3, 0.4) is 0 Å². The topological polar surface area (TPSA) is 20.3 Å². The van der Waals surface area contributed by atoms with Gasteiger partial charge in [-0.25, -0.2) is 0 Å². The zero-order chi connectivity index (χ0) is 21.2. The fourth-order valence-corrected chi connectivity index (χ4v) is 3.87. The molecule has 0 unspecified atom stereocenters. The number of benzene rings is 1. The molecule has 158 valence electrons. The molecule has 1 heterocycles. The van der Waals surface area contributed by atoms with Gasteiger partial charge >= 0.3 is 12.4 Å². The number of carbonyl (C=O) groups excluding carboxylic acids is 1. The second-order valence-corrected chi connectivity index (χ2v) is 7.38. The fraction of sp³-hybridized carbons (Fsp3) is 0.476. The van der Waals surface area contributed by atoms with Crippen molar-refractivity contribution in [2.45, 2.75) is 56.8 Å². The largest absolute Gasteiger partial charge is 0.404 e. The molecule has 1 aromatic rings. The predicted molar refractivity (Wildman–Crippen MR) is 97.7 cm³/mol. The molecule has 0 spiro atoms. The van der Waals surface area contributed by atoms with E-state index < -0.39 is 23.8 Å². The third kappa shape index (κ3) is 5.03. The number of aryl methyl sites for hydroxylation is 1. The molecule has 8 heteroatoms. The van der Waals surface area contributed by atoms with Gasteiger partial charge in [-0.3, -0.25) is 4.79 Å². The van der Waals surface area contributed by atoms with Crippen molar-refractivity contribution < 1.29 is 31.1 Å². The molecule has 0 N–H and O–H groups in total. The molecule has 1 amide bonds. The van der Waals surface area contributed by atoms with Crippen LogP contribution in [0.5, 0.6) is 0 Å². The third-order valence-corrected chi connectivity index (χ3v) is 5.24. The zero-order valence-electron chi connectivity index (χ0n) is 15.6. The Morgan fingerprint density at radius 3 is 2.38 bits per heavy atom. The second kappa shape index (κ2) is 8.24. The van der Waals surface area contributed by atoms with Gasteiger partial charge in [0.05, 0.1) is 0 Å². The Kier molecular flexibility index (Phi) is 6.10. The lowest BCUT2D eigenvalue weighted by atomic mass is 9.93. The van der Waals surface area contributed by atoms with Crippen LogP contribution in [0.2, 0.25) is 0 Å². The number of rotatable bonds is 3. The van der Waals surface area contributed by atoms with E-state index >= 15 is 0 Å². The summed E-state index contributed by atoms with van der Waals surface area (Å²) in [7, 11) is 0. The van der Waals surface area contributed by atoms with Crippen molar-refractivity contribution >= 4 is 11.6 Å². The Morgan fingerprint density at radius 2 is 1.76 bits per heavy atom. The lowest BCUT2D eigenvalue weighted by Crippen LogP contribution is -2.34. The maximum atomic E-state index is 13.1. The first-order valence-corrected chi connectivity index (χ1v) is 9.48. The number of allylic oxidation sites excluding steroid dienone is 3. The summed E-state index contributed by atoms with van der Waals surface area (Å²) in [4.78, 5) is 14.3. The quantitative estimate of drug-likeness (QED) is 0.534. The standard InChI is InChI=1S/C21H21F6NO/c22-20(23,24)19(21(25,26)27)16-9-10-17-15(13-16)8-4-5-11-28(17)18(29)12-14-6-2-1-3-7-14/h1-2,6,9-10,13,19H,3-5,7-8,11-12H2. The lowest BCUT2D eigenvalue weighted by Gasteiger charge is -2.27.